The van der Waals surface area contributed by atoms with Crippen molar-refractivity contribution in [3.05, 3.63) is 40.2 Å². The maximum absolute atomic E-state index is 12.8. The van der Waals surface area contributed by atoms with Gasteiger partial charge in [-0.05, 0) is 31.5 Å². The minimum absolute atomic E-state index is 0.0421. The van der Waals surface area contributed by atoms with Gasteiger partial charge in [-0.3, -0.25) is 4.79 Å². The van der Waals surface area contributed by atoms with Crippen molar-refractivity contribution in [3.63, 3.8) is 0 Å². The number of methoxy groups -OCH3 is 1. The molecule has 1 N–H and O–H groups in total. The molecule has 1 atom stereocenters. The van der Waals surface area contributed by atoms with Crippen LogP contribution in [0.5, 0.6) is 5.75 Å². The number of ether oxygens (including phenoxy) is 1. The van der Waals surface area contributed by atoms with Crippen LogP contribution in [0, 0.1) is 6.92 Å². The summed E-state index contributed by atoms with van der Waals surface area (Å²) in [6.45, 7) is 7.28. The van der Waals surface area contributed by atoms with Gasteiger partial charge in [-0.1, -0.05) is 30.6 Å². The number of anilines is 1. The van der Waals surface area contributed by atoms with Crippen molar-refractivity contribution in [2.75, 3.05) is 25.1 Å². The standard InChI is InChI=1S/C19H24ClN3O3/c1-11(2)18-17(12(3)22-26-18)19(24)21-14-7-8-23(10-14)15-9-13(20)5-6-16(15)25-4/h5-6,9,11,14H,7-8,10H2,1-4H3,(H,21,24). The molecular weight excluding hydrogens is 354 g/mol. The number of hydrogen-bond acceptors (Lipinski definition) is 5. The molecule has 2 heterocycles. The predicted molar refractivity (Wildman–Crippen MR) is 101 cm³/mol. The molecule has 1 amide bonds. The number of aromatic nitrogens is 1. The number of aryl methyl sites for hydroxylation is 1. The predicted octanol–water partition coefficient (Wildman–Crippen LogP) is 3.78. The zero-order chi connectivity index (χ0) is 18.8. The van der Waals surface area contributed by atoms with Crippen LogP contribution in [0.1, 0.15) is 48.0 Å². The highest BCUT2D eigenvalue weighted by Crippen LogP contribution is 2.33. The molecule has 1 aliphatic heterocycles. The molecular formula is C19H24ClN3O3. The van der Waals surface area contributed by atoms with E-state index in [1.165, 1.54) is 0 Å². The van der Waals surface area contributed by atoms with Gasteiger partial charge in [0.25, 0.3) is 5.91 Å². The Balaban J connectivity index is 1.72. The van der Waals surface area contributed by atoms with E-state index in [4.69, 9.17) is 20.9 Å². The van der Waals surface area contributed by atoms with E-state index < -0.39 is 0 Å². The Labute approximate surface area is 158 Å². The third-order valence-corrected chi connectivity index (χ3v) is 4.88. The van der Waals surface area contributed by atoms with Crippen molar-refractivity contribution in [2.24, 2.45) is 0 Å². The van der Waals surface area contributed by atoms with Gasteiger partial charge < -0.3 is 19.5 Å². The Kier molecular flexibility index (Phi) is 5.41. The maximum Gasteiger partial charge on any atom is 0.257 e. The van der Waals surface area contributed by atoms with E-state index in [0.29, 0.717) is 28.6 Å². The van der Waals surface area contributed by atoms with Gasteiger partial charge in [0.1, 0.15) is 11.3 Å². The van der Waals surface area contributed by atoms with Gasteiger partial charge in [-0.2, -0.15) is 0 Å². The van der Waals surface area contributed by atoms with E-state index >= 15 is 0 Å². The van der Waals surface area contributed by atoms with Gasteiger partial charge in [0.2, 0.25) is 0 Å². The SMILES string of the molecule is COc1ccc(Cl)cc1N1CCC(NC(=O)c2c(C)noc2C(C)C)C1. The van der Waals surface area contributed by atoms with E-state index in [2.05, 4.69) is 15.4 Å². The summed E-state index contributed by atoms with van der Waals surface area (Å²) in [6, 6.07) is 5.60. The summed E-state index contributed by atoms with van der Waals surface area (Å²) in [5.74, 6) is 1.38. The molecule has 3 rings (SSSR count). The van der Waals surface area contributed by atoms with Crippen molar-refractivity contribution in [3.8, 4) is 5.75 Å². The smallest absolute Gasteiger partial charge is 0.257 e. The van der Waals surface area contributed by atoms with Crippen LogP contribution < -0.4 is 15.0 Å². The fourth-order valence-corrected chi connectivity index (χ4v) is 3.49. The summed E-state index contributed by atoms with van der Waals surface area (Å²) in [5.41, 5.74) is 2.12. The molecule has 0 spiro atoms. The zero-order valence-corrected chi connectivity index (χ0v) is 16.3. The lowest BCUT2D eigenvalue weighted by Crippen LogP contribution is -2.37. The second-order valence-corrected chi connectivity index (χ2v) is 7.32. The Hall–Kier alpha value is -2.21. The molecule has 0 bridgehead atoms. The van der Waals surface area contributed by atoms with E-state index in [1.54, 1.807) is 20.1 Å². The highest BCUT2D eigenvalue weighted by Gasteiger charge is 2.29. The molecule has 1 aromatic heterocycles. The second-order valence-electron chi connectivity index (χ2n) is 6.88. The number of carbonyl (C=O) groups is 1. The Morgan fingerprint density at radius 3 is 2.92 bits per heavy atom. The van der Waals surface area contributed by atoms with Crippen LogP contribution in [0.15, 0.2) is 22.7 Å². The minimum atomic E-state index is -0.127. The fourth-order valence-electron chi connectivity index (χ4n) is 3.32. The van der Waals surface area contributed by atoms with Gasteiger partial charge in [-0.25, -0.2) is 0 Å². The summed E-state index contributed by atoms with van der Waals surface area (Å²) >= 11 is 6.14. The normalized spacial score (nSPS) is 17.0. The number of hydrogen-bond donors (Lipinski definition) is 1. The molecule has 7 heteroatoms. The lowest BCUT2D eigenvalue weighted by atomic mass is 10.0. The topological polar surface area (TPSA) is 67.6 Å². The number of nitrogens with zero attached hydrogens (tertiary/aromatic N) is 2. The molecule has 1 unspecified atom stereocenters. The van der Waals surface area contributed by atoms with Crippen molar-refractivity contribution >= 4 is 23.2 Å². The number of nitrogens with one attached hydrogen (secondary N) is 1. The van der Waals surface area contributed by atoms with Gasteiger partial charge in [0.05, 0.1) is 18.5 Å². The summed E-state index contributed by atoms with van der Waals surface area (Å²) in [6.07, 6.45) is 0.850. The molecule has 6 nitrogen and oxygen atoms in total. The summed E-state index contributed by atoms with van der Waals surface area (Å²) in [5, 5.41) is 7.73. The molecule has 1 aliphatic rings. The average molecular weight is 378 g/mol. The first-order valence-electron chi connectivity index (χ1n) is 8.76. The van der Waals surface area contributed by atoms with Crippen LogP contribution in [0.2, 0.25) is 5.02 Å². The average Bonchev–Trinajstić information content (AvgIpc) is 3.21. The first kappa shape index (κ1) is 18.6. The van der Waals surface area contributed by atoms with E-state index in [-0.39, 0.29) is 17.9 Å². The van der Waals surface area contributed by atoms with Crippen LogP contribution in [0.3, 0.4) is 0 Å². The molecule has 26 heavy (non-hydrogen) atoms. The monoisotopic (exact) mass is 377 g/mol. The summed E-state index contributed by atoms with van der Waals surface area (Å²) in [7, 11) is 1.64. The quantitative estimate of drug-likeness (QED) is 0.858. The first-order chi connectivity index (χ1) is 12.4. The third-order valence-electron chi connectivity index (χ3n) is 4.65. The second kappa shape index (κ2) is 7.58. The van der Waals surface area contributed by atoms with Crippen molar-refractivity contribution in [1.29, 1.82) is 0 Å². The van der Waals surface area contributed by atoms with Gasteiger partial charge >= 0.3 is 0 Å². The van der Waals surface area contributed by atoms with Gasteiger partial charge in [-0.15, -0.1) is 0 Å². The molecule has 1 aromatic carbocycles. The van der Waals surface area contributed by atoms with Crippen molar-refractivity contribution in [2.45, 2.75) is 39.2 Å². The number of carbonyl (C=O) groups excluding carboxylic acids is 1. The van der Waals surface area contributed by atoms with E-state index in [0.717, 1.165) is 24.4 Å². The van der Waals surface area contributed by atoms with Crippen molar-refractivity contribution in [1.82, 2.24) is 10.5 Å². The molecule has 0 radical (unpaired) electrons. The van der Waals surface area contributed by atoms with Crippen LogP contribution in [0.4, 0.5) is 5.69 Å². The summed E-state index contributed by atoms with van der Waals surface area (Å²) < 4.78 is 10.8. The number of amides is 1. The van der Waals surface area contributed by atoms with E-state index in [9.17, 15) is 4.79 Å². The fraction of sp³-hybridized carbons (Fsp3) is 0.474. The molecule has 0 saturated carbocycles. The largest absolute Gasteiger partial charge is 0.495 e. The number of benzene rings is 1. The lowest BCUT2D eigenvalue weighted by molar-refractivity contribution is 0.0937. The Bertz CT molecular complexity index is 803. The van der Waals surface area contributed by atoms with Crippen molar-refractivity contribution < 1.29 is 14.1 Å². The molecule has 0 aliphatic carbocycles. The van der Waals surface area contributed by atoms with Crippen LogP contribution in [0.25, 0.3) is 0 Å². The lowest BCUT2D eigenvalue weighted by Gasteiger charge is -2.21. The van der Waals surface area contributed by atoms with Crippen LogP contribution in [-0.2, 0) is 0 Å². The summed E-state index contributed by atoms with van der Waals surface area (Å²) in [4.78, 5) is 14.9. The van der Waals surface area contributed by atoms with Gasteiger partial charge in [0, 0.05) is 30.1 Å². The van der Waals surface area contributed by atoms with Crippen LogP contribution in [-0.4, -0.2) is 37.3 Å². The van der Waals surface area contributed by atoms with E-state index in [1.807, 2.05) is 26.0 Å². The number of halogens is 1. The number of rotatable bonds is 5. The Morgan fingerprint density at radius 2 is 2.23 bits per heavy atom. The molecule has 1 saturated heterocycles. The molecule has 1 fully saturated rings. The highest BCUT2D eigenvalue weighted by molar-refractivity contribution is 6.30. The van der Waals surface area contributed by atoms with Gasteiger partial charge in [0.15, 0.2) is 5.76 Å². The zero-order valence-electron chi connectivity index (χ0n) is 15.5. The third kappa shape index (κ3) is 3.65. The maximum atomic E-state index is 12.8. The Morgan fingerprint density at radius 1 is 1.46 bits per heavy atom. The highest BCUT2D eigenvalue weighted by atomic mass is 35.5. The first-order valence-corrected chi connectivity index (χ1v) is 9.14. The molecule has 140 valence electrons. The van der Waals surface area contributed by atoms with Crippen LogP contribution >= 0.6 is 11.6 Å². The minimum Gasteiger partial charge on any atom is -0.495 e. The molecule has 2 aromatic rings.